The Morgan fingerprint density at radius 3 is 2.57 bits per heavy atom. The van der Waals surface area contributed by atoms with E-state index in [1.807, 2.05) is 19.0 Å². The molecular formula is C14H16F3N3O2S. The highest BCUT2D eigenvalue weighted by Crippen LogP contribution is 2.33. The second-order valence-electron chi connectivity index (χ2n) is 5.15. The summed E-state index contributed by atoms with van der Waals surface area (Å²) in [5, 5.41) is 0.457. The number of thiazole rings is 1. The Bertz CT molecular complexity index is 700. The van der Waals surface area contributed by atoms with Crippen LogP contribution in [0.1, 0.15) is 6.92 Å². The van der Waals surface area contributed by atoms with Crippen LogP contribution in [0.2, 0.25) is 0 Å². The van der Waals surface area contributed by atoms with E-state index in [-0.39, 0.29) is 11.7 Å². The van der Waals surface area contributed by atoms with Gasteiger partial charge in [0.05, 0.1) is 10.2 Å². The van der Waals surface area contributed by atoms with Crippen LogP contribution in [0.5, 0.6) is 5.75 Å². The molecule has 0 saturated carbocycles. The number of hydrogen-bond acceptors (Lipinski definition) is 5. The summed E-state index contributed by atoms with van der Waals surface area (Å²) in [6, 6.07) is 3.92. The van der Waals surface area contributed by atoms with Gasteiger partial charge in [-0.05, 0) is 26.2 Å². The minimum atomic E-state index is -4.74. The number of amides is 1. The predicted molar refractivity (Wildman–Crippen MR) is 82.9 cm³/mol. The number of carbonyl (C=O) groups is 1. The number of ether oxygens (including phenoxy) is 1. The molecule has 1 heterocycles. The molecule has 5 nitrogen and oxygen atoms in total. The number of anilines is 1. The Morgan fingerprint density at radius 1 is 1.30 bits per heavy atom. The summed E-state index contributed by atoms with van der Waals surface area (Å²) in [6.45, 7) is 2.53. The zero-order valence-electron chi connectivity index (χ0n) is 12.8. The van der Waals surface area contributed by atoms with Crippen molar-refractivity contribution in [3.05, 3.63) is 18.2 Å². The first-order chi connectivity index (χ1) is 10.7. The average Bonchev–Trinajstić information content (AvgIpc) is 2.78. The predicted octanol–water partition coefficient (Wildman–Crippen LogP) is 3.11. The number of aromatic nitrogens is 1. The van der Waals surface area contributed by atoms with Gasteiger partial charge in [0, 0.05) is 26.1 Å². The summed E-state index contributed by atoms with van der Waals surface area (Å²) in [7, 11) is 3.77. The molecule has 0 fully saturated rings. The van der Waals surface area contributed by atoms with E-state index in [4.69, 9.17) is 0 Å². The molecule has 0 aliphatic carbocycles. The summed E-state index contributed by atoms with van der Waals surface area (Å²) >= 11 is 1.15. The number of fused-ring (bicyclic) bond motifs is 1. The molecule has 1 aromatic heterocycles. The van der Waals surface area contributed by atoms with Crippen LogP contribution in [0, 0.1) is 0 Å². The van der Waals surface area contributed by atoms with E-state index in [0.717, 1.165) is 11.3 Å². The number of rotatable bonds is 5. The third-order valence-electron chi connectivity index (χ3n) is 2.96. The standard InChI is InChI=1S/C14H16F3N3O2S/c1-9(21)20(7-6-19(2)3)13-18-11-5-4-10(8-12(11)23-13)22-14(15,16)17/h4-5,8H,6-7H2,1-3H3. The van der Waals surface area contributed by atoms with Gasteiger partial charge < -0.3 is 9.64 Å². The third kappa shape index (κ3) is 4.80. The zero-order valence-corrected chi connectivity index (χ0v) is 13.7. The highest BCUT2D eigenvalue weighted by Gasteiger charge is 2.31. The smallest absolute Gasteiger partial charge is 0.406 e. The normalized spacial score (nSPS) is 12.0. The maximum atomic E-state index is 12.3. The van der Waals surface area contributed by atoms with E-state index in [9.17, 15) is 18.0 Å². The highest BCUT2D eigenvalue weighted by atomic mass is 32.1. The molecule has 0 aliphatic rings. The van der Waals surface area contributed by atoms with Gasteiger partial charge in [-0.3, -0.25) is 9.69 Å². The molecule has 2 rings (SSSR count). The fourth-order valence-corrected chi connectivity index (χ4v) is 2.96. The topological polar surface area (TPSA) is 45.7 Å². The zero-order chi connectivity index (χ0) is 17.2. The molecule has 1 aromatic carbocycles. The van der Waals surface area contributed by atoms with Crippen LogP contribution in [0.3, 0.4) is 0 Å². The molecule has 0 spiro atoms. The van der Waals surface area contributed by atoms with Crippen LogP contribution in [-0.2, 0) is 4.79 Å². The quantitative estimate of drug-likeness (QED) is 0.834. The van der Waals surface area contributed by atoms with Gasteiger partial charge in [0.2, 0.25) is 5.91 Å². The van der Waals surface area contributed by atoms with Crippen LogP contribution < -0.4 is 9.64 Å². The number of nitrogens with zero attached hydrogens (tertiary/aromatic N) is 3. The van der Waals surface area contributed by atoms with Crippen molar-refractivity contribution in [3.8, 4) is 5.75 Å². The largest absolute Gasteiger partial charge is 0.573 e. The molecule has 0 unspecified atom stereocenters. The van der Waals surface area contributed by atoms with Crippen LogP contribution in [0.25, 0.3) is 10.2 Å². The molecule has 126 valence electrons. The van der Waals surface area contributed by atoms with Crippen molar-refractivity contribution in [1.82, 2.24) is 9.88 Å². The monoisotopic (exact) mass is 347 g/mol. The minimum Gasteiger partial charge on any atom is -0.406 e. The fourth-order valence-electron chi connectivity index (χ4n) is 1.89. The van der Waals surface area contributed by atoms with Crippen molar-refractivity contribution < 1.29 is 22.7 Å². The van der Waals surface area contributed by atoms with Crippen molar-refractivity contribution in [2.24, 2.45) is 0 Å². The number of carbonyl (C=O) groups excluding carboxylic acids is 1. The Morgan fingerprint density at radius 2 is 2.00 bits per heavy atom. The van der Waals surface area contributed by atoms with Gasteiger partial charge in [-0.2, -0.15) is 0 Å². The van der Waals surface area contributed by atoms with Gasteiger partial charge in [0.1, 0.15) is 5.75 Å². The lowest BCUT2D eigenvalue weighted by Gasteiger charge is -2.20. The van der Waals surface area contributed by atoms with E-state index in [1.54, 1.807) is 0 Å². The van der Waals surface area contributed by atoms with Gasteiger partial charge in [0.25, 0.3) is 0 Å². The van der Waals surface area contributed by atoms with E-state index >= 15 is 0 Å². The SMILES string of the molecule is CC(=O)N(CCN(C)C)c1nc2ccc(OC(F)(F)F)cc2s1. The molecule has 0 aliphatic heterocycles. The van der Waals surface area contributed by atoms with Crippen LogP contribution >= 0.6 is 11.3 Å². The van der Waals surface area contributed by atoms with E-state index in [2.05, 4.69) is 9.72 Å². The molecule has 2 aromatic rings. The molecule has 0 saturated heterocycles. The first-order valence-electron chi connectivity index (χ1n) is 6.75. The summed E-state index contributed by atoms with van der Waals surface area (Å²) in [5.41, 5.74) is 0.524. The Hall–Kier alpha value is -1.87. The van der Waals surface area contributed by atoms with E-state index < -0.39 is 6.36 Å². The summed E-state index contributed by atoms with van der Waals surface area (Å²) < 4.78 is 41.2. The summed E-state index contributed by atoms with van der Waals surface area (Å²) in [6.07, 6.45) is -4.74. The second-order valence-corrected chi connectivity index (χ2v) is 6.16. The van der Waals surface area contributed by atoms with Crippen LogP contribution in [-0.4, -0.2) is 49.3 Å². The Balaban J connectivity index is 2.28. The Kier molecular flexibility index (Phi) is 5.10. The average molecular weight is 347 g/mol. The van der Waals surface area contributed by atoms with Crippen molar-refractivity contribution in [3.63, 3.8) is 0 Å². The number of alkyl halides is 3. The maximum absolute atomic E-state index is 12.3. The van der Waals surface area contributed by atoms with E-state index in [1.165, 1.54) is 30.0 Å². The lowest BCUT2D eigenvalue weighted by molar-refractivity contribution is -0.274. The second kappa shape index (κ2) is 6.71. The van der Waals surface area contributed by atoms with Gasteiger partial charge in [-0.15, -0.1) is 13.2 Å². The van der Waals surface area contributed by atoms with E-state index in [0.29, 0.717) is 28.4 Å². The molecular weight excluding hydrogens is 331 g/mol. The van der Waals surface area contributed by atoms with Gasteiger partial charge in [-0.25, -0.2) is 4.98 Å². The van der Waals surface area contributed by atoms with Crippen LogP contribution in [0.15, 0.2) is 18.2 Å². The lowest BCUT2D eigenvalue weighted by Crippen LogP contribution is -2.35. The molecule has 23 heavy (non-hydrogen) atoms. The highest BCUT2D eigenvalue weighted by molar-refractivity contribution is 7.22. The van der Waals surface area contributed by atoms with Crippen molar-refractivity contribution in [2.45, 2.75) is 13.3 Å². The number of halogens is 3. The molecule has 0 atom stereocenters. The fraction of sp³-hybridized carbons (Fsp3) is 0.429. The third-order valence-corrected chi connectivity index (χ3v) is 4.01. The maximum Gasteiger partial charge on any atom is 0.573 e. The Labute approximate surface area is 135 Å². The number of benzene rings is 1. The van der Waals surface area contributed by atoms with Crippen molar-refractivity contribution in [2.75, 3.05) is 32.1 Å². The van der Waals surface area contributed by atoms with Gasteiger partial charge in [0.15, 0.2) is 5.13 Å². The molecule has 0 bridgehead atoms. The molecule has 0 N–H and O–H groups in total. The van der Waals surface area contributed by atoms with Gasteiger partial charge >= 0.3 is 6.36 Å². The number of hydrogen-bond donors (Lipinski definition) is 0. The lowest BCUT2D eigenvalue weighted by atomic mass is 10.3. The van der Waals surface area contributed by atoms with Crippen molar-refractivity contribution >= 4 is 32.6 Å². The molecule has 9 heteroatoms. The first-order valence-corrected chi connectivity index (χ1v) is 7.56. The minimum absolute atomic E-state index is 0.169. The summed E-state index contributed by atoms with van der Waals surface area (Å²) in [4.78, 5) is 19.5. The first kappa shape index (κ1) is 17.5. The van der Waals surface area contributed by atoms with Crippen LogP contribution in [0.4, 0.5) is 18.3 Å². The van der Waals surface area contributed by atoms with Crippen molar-refractivity contribution in [1.29, 1.82) is 0 Å². The summed E-state index contributed by atoms with van der Waals surface area (Å²) in [5.74, 6) is -0.472. The molecule has 1 amide bonds. The van der Waals surface area contributed by atoms with Gasteiger partial charge in [-0.1, -0.05) is 11.3 Å². The number of likely N-dealkylation sites (N-methyl/N-ethyl adjacent to an activating group) is 1. The molecule has 0 radical (unpaired) electrons.